The average Bonchev–Trinajstić information content (AvgIpc) is 3.04. The summed E-state index contributed by atoms with van der Waals surface area (Å²) in [5.41, 5.74) is 6.61. The number of carbonyl (C=O) groups excluding carboxylic acids is 1. The fourth-order valence-corrected chi connectivity index (χ4v) is 3.53. The molecule has 1 fully saturated rings. The molecule has 9 heteroatoms. The number of amides is 1. The Labute approximate surface area is 181 Å². The Balaban J connectivity index is 0.00000182. The third-order valence-corrected chi connectivity index (χ3v) is 5.00. The van der Waals surface area contributed by atoms with Gasteiger partial charge in [-0.15, -0.1) is 24.8 Å². The van der Waals surface area contributed by atoms with E-state index < -0.39 is 0 Å². The van der Waals surface area contributed by atoms with Crippen molar-refractivity contribution in [3.63, 3.8) is 0 Å². The molecule has 3 N–H and O–H groups in total. The lowest BCUT2D eigenvalue weighted by atomic mass is 9.92. The molecule has 0 aliphatic heterocycles. The van der Waals surface area contributed by atoms with Gasteiger partial charge >= 0.3 is 0 Å². The minimum Gasteiger partial charge on any atom is -0.441 e. The maximum absolute atomic E-state index is 12.1. The standard InChI is InChI=1S/C18H21Cl2N3O2.2ClH/c19-11-1-6-14(15(20)9-11)16-10-22-18(25-16)8-7-17(24)23-13-4-2-12(21)3-5-13;;/h1,6,9-10,12-13H,2-5,7-8,21H2,(H,23,24);2*1H. The van der Waals surface area contributed by atoms with E-state index in [0.717, 1.165) is 31.2 Å². The van der Waals surface area contributed by atoms with Gasteiger partial charge in [0.25, 0.3) is 0 Å². The van der Waals surface area contributed by atoms with Crippen molar-refractivity contribution < 1.29 is 9.21 Å². The number of carbonyl (C=O) groups is 1. The highest BCUT2D eigenvalue weighted by atomic mass is 35.5. The molecule has 1 aromatic heterocycles. The van der Waals surface area contributed by atoms with Crippen LogP contribution in [0.25, 0.3) is 11.3 Å². The smallest absolute Gasteiger partial charge is 0.220 e. The summed E-state index contributed by atoms with van der Waals surface area (Å²) < 4.78 is 5.71. The van der Waals surface area contributed by atoms with Gasteiger partial charge in [-0.25, -0.2) is 4.98 Å². The van der Waals surface area contributed by atoms with E-state index in [0.29, 0.717) is 34.5 Å². The molecule has 1 amide bonds. The van der Waals surface area contributed by atoms with Crippen LogP contribution in [0.15, 0.2) is 28.8 Å². The molecular formula is C18H23Cl4N3O2. The minimum atomic E-state index is 0. The zero-order valence-electron chi connectivity index (χ0n) is 14.6. The highest BCUT2D eigenvalue weighted by Crippen LogP contribution is 2.30. The summed E-state index contributed by atoms with van der Waals surface area (Å²) >= 11 is 12.1. The van der Waals surface area contributed by atoms with Crippen molar-refractivity contribution in [2.24, 2.45) is 5.73 Å². The van der Waals surface area contributed by atoms with Crippen LogP contribution < -0.4 is 11.1 Å². The molecule has 0 atom stereocenters. The third-order valence-electron chi connectivity index (χ3n) is 4.45. The molecule has 1 aliphatic carbocycles. The van der Waals surface area contributed by atoms with Crippen LogP contribution in [0.5, 0.6) is 0 Å². The summed E-state index contributed by atoms with van der Waals surface area (Å²) in [6, 6.07) is 5.70. The molecular weight excluding hydrogens is 432 g/mol. The number of rotatable bonds is 5. The number of aromatic nitrogens is 1. The fraction of sp³-hybridized carbons (Fsp3) is 0.444. The van der Waals surface area contributed by atoms with Gasteiger partial charge in [-0.3, -0.25) is 4.79 Å². The normalized spacial score (nSPS) is 18.9. The Hall–Kier alpha value is -0.980. The molecule has 0 unspecified atom stereocenters. The molecule has 0 saturated heterocycles. The summed E-state index contributed by atoms with van der Waals surface area (Å²) in [5.74, 6) is 1.10. The number of nitrogens with zero attached hydrogens (tertiary/aromatic N) is 1. The van der Waals surface area contributed by atoms with Crippen molar-refractivity contribution in [3.05, 3.63) is 40.3 Å². The van der Waals surface area contributed by atoms with E-state index >= 15 is 0 Å². The monoisotopic (exact) mass is 453 g/mol. The number of hydrogen-bond donors (Lipinski definition) is 2. The summed E-state index contributed by atoms with van der Waals surface area (Å²) in [4.78, 5) is 16.3. The van der Waals surface area contributed by atoms with Crippen molar-refractivity contribution in [1.29, 1.82) is 0 Å². The molecule has 0 spiro atoms. The van der Waals surface area contributed by atoms with Crippen LogP contribution in [0, 0.1) is 0 Å². The van der Waals surface area contributed by atoms with Gasteiger partial charge in [-0.05, 0) is 43.9 Å². The van der Waals surface area contributed by atoms with Crippen molar-refractivity contribution in [2.75, 3.05) is 0 Å². The lowest BCUT2D eigenvalue weighted by molar-refractivity contribution is -0.122. The van der Waals surface area contributed by atoms with E-state index in [4.69, 9.17) is 33.4 Å². The zero-order valence-corrected chi connectivity index (χ0v) is 17.8. The molecule has 0 radical (unpaired) electrons. The molecule has 2 aromatic rings. The predicted octanol–water partition coefficient (Wildman–Crippen LogP) is 4.81. The first kappa shape index (κ1) is 24.1. The zero-order chi connectivity index (χ0) is 17.8. The maximum Gasteiger partial charge on any atom is 0.220 e. The Morgan fingerprint density at radius 3 is 2.59 bits per heavy atom. The summed E-state index contributed by atoms with van der Waals surface area (Å²) in [6.45, 7) is 0. The quantitative estimate of drug-likeness (QED) is 0.678. The SMILES string of the molecule is Cl.Cl.NC1CCC(NC(=O)CCc2ncc(-c3ccc(Cl)cc3Cl)o2)CC1. The van der Waals surface area contributed by atoms with Crippen molar-refractivity contribution in [2.45, 2.75) is 50.6 Å². The molecule has 1 heterocycles. The van der Waals surface area contributed by atoms with Crippen LogP contribution in [0.2, 0.25) is 10.0 Å². The Morgan fingerprint density at radius 2 is 1.93 bits per heavy atom. The van der Waals surface area contributed by atoms with Crippen LogP contribution in [0.3, 0.4) is 0 Å². The van der Waals surface area contributed by atoms with Gasteiger partial charge < -0.3 is 15.5 Å². The van der Waals surface area contributed by atoms with Crippen molar-refractivity contribution in [1.82, 2.24) is 10.3 Å². The van der Waals surface area contributed by atoms with Crippen LogP contribution in [0.4, 0.5) is 0 Å². The van der Waals surface area contributed by atoms with Gasteiger partial charge in [0.1, 0.15) is 0 Å². The minimum absolute atomic E-state index is 0. The first-order chi connectivity index (χ1) is 12.0. The number of oxazole rings is 1. The average molecular weight is 455 g/mol. The molecule has 1 aliphatic rings. The number of hydrogen-bond acceptors (Lipinski definition) is 4. The summed E-state index contributed by atoms with van der Waals surface area (Å²) in [5, 5.41) is 4.13. The van der Waals surface area contributed by atoms with E-state index in [2.05, 4.69) is 10.3 Å². The second-order valence-corrected chi connectivity index (χ2v) is 7.27. The van der Waals surface area contributed by atoms with Gasteiger partial charge in [-0.2, -0.15) is 0 Å². The fourth-order valence-electron chi connectivity index (χ4n) is 3.02. The van der Waals surface area contributed by atoms with E-state index in [9.17, 15) is 4.79 Å². The van der Waals surface area contributed by atoms with Gasteiger partial charge in [-0.1, -0.05) is 23.2 Å². The second kappa shape index (κ2) is 11.1. The molecule has 1 aromatic carbocycles. The molecule has 0 bridgehead atoms. The Bertz CT molecular complexity index is 746. The number of aryl methyl sites for hydroxylation is 1. The summed E-state index contributed by atoms with van der Waals surface area (Å²) in [6.07, 6.45) is 6.24. The van der Waals surface area contributed by atoms with Crippen LogP contribution in [-0.2, 0) is 11.2 Å². The summed E-state index contributed by atoms with van der Waals surface area (Å²) in [7, 11) is 0. The van der Waals surface area contributed by atoms with Gasteiger partial charge in [0.05, 0.1) is 11.2 Å². The van der Waals surface area contributed by atoms with Gasteiger partial charge in [0.15, 0.2) is 11.7 Å². The third kappa shape index (κ3) is 6.84. The van der Waals surface area contributed by atoms with Crippen LogP contribution in [-0.4, -0.2) is 23.0 Å². The first-order valence-electron chi connectivity index (χ1n) is 8.46. The first-order valence-corrected chi connectivity index (χ1v) is 9.22. The number of halogens is 4. The van der Waals surface area contributed by atoms with Gasteiger partial charge in [0.2, 0.25) is 5.91 Å². The van der Waals surface area contributed by atoms with E-state index in [-0.39, 0.29) is 42.8 Å². The van der Waals surface area contributed by atoms with Crippen LogP contribution in [0.1, 0.15) is 38.0 Å². The Morgan fingerprint density at radius 1 is 1.22 bits per heavy atom. The molecule has 5 nitrogen and oxygen atoms in total. The predicted molar refractivity (Wildman–Crippen MR) is 113 cm³/mol. The van der Waals surface area contributed by atoms with E-state index in [1.807, 2.05) is 0 Å². The number of nitrogens with one attached hydrogen (secondary N) is 1. The lowest BCUT2D eigenvalue weighted by Crippen LogP contribution is -2.40. The maximum atomic E-state index is 12.1. The van der Waals surface area contributed by atoms with E-state index in [1.54, 1.807) is 24.4 Å². The molecule has 3 rings (SSSR count). The van der Waals surface area contributed by atoms with E-state index in [1.165, 1.54) is 0 Å². The highest BCUT2D eigenvalue weighted by molar-refractivity contribution is 6.36. The largest absolute Gasteiger partial charge is 0.441 e. The lowest BCUT2D eigenvalue weighted by Gasteiger charge is -2.26. The van der Waals surface area contributed by atoms with Gasteiger partial charge in [0, 0.05) is 35.5 Å². The molecule has 27 heavy (non-hydrogen) atoms. The highest BCUT2D eigenvalue weighted by Gasteiger charge is 2.20. The Kier molecular flexibility index (Phi) is 9.91. The topological polar surface area (TPSA) is 81.1 Å². The van der Waals surface area contributed by atoms with Crippen LogP contribution >= 0.6 is 48.0 Å². The molecule has 150 valence electrons. The number of nitrogens with two attached hydrogens (primary N) is 1. The van der Waals surface area contributed by atoms with Crippen molar-refractivity contribution >= 4 is 53.9 Å². The molecule has 1 saturated carbocycles. The second-order valence-electron chi connectivity index (χ2n) is 6.42. The number of benzene rings is 1. The van der Waals surface area contributed by atoms with Crippen molar-refractivity contribution in [3.8, 4) is 11.3 Å².